The Morgan fingerprint density at radius 1 is 1.10 bits per heavy atom. The van der Waals surface area contributed by atoms with Crippen molar-refractivity contribution >= 4 is 27.8 Å². The number of benzene rings is 2. The summed E-state index contributed by atoms with van der Waals surface area (Å²) < 4.78 is 17.0. The van der Waals surface area contributed by atoms with Crippen LogP contribution in [0.15, 0.2) is 52.1 Å². The van der Waals surface area contributed by atoms with Gasteiger partial charge < -0.3 is 19.5 Å². The van der Waals surface area contributed by atoms with Gasteiger partial charge in [0.25, 0.3) is 0 Å². The molecule has 158 valence electrons. The lowest BCUT2D eigenvalue weighted by atomic mass is 9.84. The van der Waals surface area contributed by atoms with Crippen molar-refractivity contribution in [3.8, 4) is 11.5 Å². The van der Waals surface area contributed by atoms with Crippen LogP contribution in [0.3, 0.4) is 0 Å². The number of hydrogen-bond donors (Lipinski definition) is 1. The molecule has 0 aromatic heterocycles. The van der Waals surface area contributed by atoms with Gasteiger partial charge in [0.15, 0.2) is 11.5 Å². The Hall–Kier alpha value is -2.80. The number of ether oxygens (including phenoxy) is 3. The molecule has 2 aromatic rings. The van der Waals surface area contributed by atoms with Crippen molar-refractivity contribution < 1.29 is 23.8 Å². The molecule has 3 rings (SSSR count). The van der Waals surface area contributed by atoms with Gasteiger partial charge >= 0.3 is 5.97 Å². The van der Waals surface area contributed by atoms with Gasteiger partial charge in [-0.1, -0.05) is 45.8 Å². The summed E-state index contributed by atoms with van der Waals surface area (Å²) in [6.07, 6.45) is 0.125. The van der Waals surface area contributed by atoms with Crippen LogP contribution in [-0.2, 0) is 20.9 Å². The summed E-state index contributed by atoms with van der Waals surface area (Å²) in [6, 6.07) is 11.3. The topological polar surface area (TPSA) is 73.9 Å². The fraction of sp³-hybridized carbons (Fsp3) is 0.304. The third kappa shape index (κ3) is 4.67. The molecule has 1 aliphatic heterocycles. The summed E-state index contributed by atoms with van der Waals surface area (Å²) in [4.78, 5) is 25.3. The number of amides is 1. The second-order valence-electron chi connectivity index (χ2n) is 7.13. The molecule has 30 heavy (non-hydrogen) atoms. The molecule has 0 saturated carbocycles. The van der Waals surface area contributed by atoms with Crippen LogP contribution in [0.5, 0.6) is 11.5 Å². The highest BCUT2D eigenvalue weighted by molar-refractivity contribution is 9.10. The zero-order valence-corrected chi connectivity index (χ0v) is 19.0. The van der Waals surface area contributed by atoms with E-state index >= 15 is 0 Å². The van der Waals surface area contributed by atoms with Gasteiger partial charge in [-0.2, -0.15) is 0 Å². The predicted molar refractivity (Wildman–Crippen MR) is 116 cm³/mol. The molecule has 1 N–H and O–H groups in total. The van der Waals surface area contributed by atoms with Gasteiger partial charge in [0, 0.05) is 22.5 Å². The molecule has 0 bridgehead atoms. The van der Waals surface area contributed by atoms with Crippen LogP contribution in [0.25, 0.3) is 0 Å². The highest BCUT2D eigenvalue weighted by atomic mass is 79.9. The lowest BCUT2D eigenvalue weighted by molar-refractivity contribution is -0.141. The Bertz CT molecular complexity index is 997. The molecular formula is C23H24BrNO5. The van der Waals surface area contributed by atoms with E-state index in [1.165, 1.54) is 0 Å². The second kappa shape index (κ2) is 9.34. The van der Waals surface area contributed by atoms with E-state index in [0.29, 0.717) is 22.8 Å². The Morgan fingerprint density at radius 2 is 1.73 bits per heavy atom. The molecule has 6 nitrogen and oxygen atoms in total. The Labute approximate surface area is 184 Å². The standard InChI is InChI=1S/C23H24BrNO5/c1-13-5-7-15(8-6-13)12-30-23(27)22-14(2)25-21(26)10-17(22)16-9-19(28-3)20(29-4)11-18(16)24/h5-9,11,17H,10,12H2,1-4H3,(H,25,26). The first-order chi connectivity index (χ1) is 14.3. The highest BCUT2D eigenvalue weighted by Gasteiger charge is 2.34. The molecular weight excluding hydrogens is 450 g/mol. The number of rotatable bonds is 6. The number of allylic oxidation sites excluding steroid dienone is 1. The molecule has 0 radical (unpaired) electrons. The Balaban J connectivity index is 1.93. The maximum Gasteiger partial charge on any atom is 0.336 e. The zero-order valence-electron chi connectivity index (χ0n) is 17.4. The molecule has 0 aliphatic carbocycles. The van der Waals surface area contributed by atoms with Crippen molar-refractivity contribution in [1.82, 2.24) is 5.32 Å². The number of aryl methyl sites for hydroxylation is 1. The summed E-state index contributed by atoms with van der Waals surface area (Å²) in [5.74, 6) is -0.0169. The van der Waals surface area contributed by atoms with E-state index in [0.717, 1.165) is 21.2 Å². The van der Waals surface area contributed by atoms with Gasteiger partial charge in [-0.15, -0.1) is 0 Å². The number of hydrogen-bond acceptors (Lipinski definition) is 5. The van der Waals surface area contributed by atoms with Crippen LogP contribution < -0.4 is 14.8 Å². The summed E-state index contributed by atoms with van der Waals surface area (Å²) >= 11 is 3.54. The van der Waals surface area contributed by atoms with Crippen molar-refractivity contribution in [2.75, 3.05) is 14.2 Å². The van der Waals surface area contributed by atoms with E-state index in [1.54, 1.807) is 33.3 Å². The van der Waals surface area contributed by atoms with Crippen molar-refractivity contribution in [3.63, 3.8) is 0 Å². The average molecular weight is 474 g/mol. The van der Waals surface area contributed by atoms with E-state index in [-0.39, 0.29) is 18.9 Å². The quantitative estimate of drug-likeness (QED) is 0.629. The van der Waals surface area contributed by atoms with Crippen molar-refractivity contribution in [3.05, 3.63) is 68.8 Å². The average Bonchev–Trinajstić information content (AvgIpc) is 2.72. The summed E-state index contributed by atoms with van der Waals surface area (Å²) in [5.41, 5.74) is 3.71. The van der Waals surface area contributed by atoms with Crippen LogP contribution in [0, 0.1) is 6.92 Å². The van der Waals surface area contributed by atoms with Gasteiger partial charge in [-0.05, 0) is 37.1 Å². The maximum atomic E-state index is 13.0. The fourth-order valence-electron chi connectivity index (χ4n) is 3.48. The molecule has 1 heterocycles. The number of esters is 1. The van der Waals surface area contributed by atoms with E-state index in [9.17, 15) is 9.59 Å². The molecule has 1 atom stereocenters. The molecule has 1 aliphatic rings. The number of methoxy groups -OCH3 is 2. The van der Waals surface area contributed by atoms with E-state index in [2.05, 4.69) is 21.2 Å². The summed E-state index contributed by atoms with van der Waals surface area (Å²) in [6.45, 7) is 3.87. The first-order valence-corrected chi connectivity index (χ1v) is 10.3. The van der Waals surface area contributed by atoms with E-state index in [1.807, 2.05) is 31.2 Å². The van der Waals surface area contributed by atoms with Gasteiger partial charge in [-0.3, -0.25) is 4.79 Å². The van der Waals surface area contributed by atoms with Crippen molar-refractivity contribution in [2.24, 2.45) is 0 Å². The normalized spacial score (nSPS) is 16.2. The number of carbonyl (C=O) groups is 2. The van der Waals surface area contributed by atoms with Gasteiger partial charge in [0.2, 0.25) is 5.91 Å². The minimum Gasteiger partial charge on any atom is -0.493 e. The van der Waals surface area contributed by atoms with Crippen molar-refractivity contribution in [2.45, 2.75) is 32.8 Å². The van der Waals surface area contributed by atoms with Crippen LogP contribution in [0.1, 0.15) is 36.0 Å². The smallest absolute Gasteiger partial charge is 0.336 e. The summed E-state index contributed by atoms with van der Waals surface area (Å²) in [5, 5.41) is 2.75. The monoisotopic (exact) mass is 473 g/mol. The largest absolute Gasteiger partial charge is 0.493 e. The Kier molecular flexibility index (Phi) is 6.82. The lowest BCUT2D eigenvalue weighted by Gasteiger charge is -2.28. The molecule has 0 spiro atoms. The number of nitrogens with one attached hydrogen (secondary N) is 1. The molecule has 1 unspecified atom stereocenters. The molecule has 7 heteroatoms. The molecule has 0 saturated heterocycles. The first kappa shape index (κ1) is 21.9. The molecule has 2 aromatic carbocycles. The molecule has 1 amide bonds. The second-order valence-corrected chi connectivity index (χ2v) is 7.99. The van der Waals surface area contributed by atoms with Crippen LogP contribution >= 0.6 is 15.9 Å². The van der Waals surface area contributed by atoms with Crippen LogP contribution in [0.4, 0.5) is 0 Å². The van der Waals surface area contributed by atoms with Crippen LogP contribution in [-0.4, -0.2) is 26.1 Å². The zero-order chi connectivity index (χ0) is 21.8. The van der Waals surface area contributed by atoms with Gasteiger partial charge in [0.05, 0.1) is 19.8 Å². The van der Waals surface area contributed by atoms with E-state index < -0.39 is 11.9 Å². The summed E-state index contributed by atoms with van der Waals surface area (Å²) in [7, 11) is 3.09. The van der Waals surface area contributed by atoms with Gasteiger partial charge in [-0.25, -0.2) is 4.79 Å². The SMILES string of the molecule is COc1cc(Br)c(C2CC(=O)NC(C)=C2C(=O)OCc2ccc(C)cc2)cc1OC. The van der Waals surface area contributed by atoms with Crippen molar-refractivity contribution in [1.29, 1.82) is 0 Å². The third-order valence-electron chi connectivity index (χ3n) is 5.06. The van der Waals surface area contributed by atoms with Gasteiger partial charge in [0.1, 0.15) is 6.61 Å². The molecule has 0 fully saturated rings. The van der Waals surface area contributed by atoms with E-state index in [4.69, 9.17) is 14.2 Å². The third-order valence-corrected chi connectivity index (χ3v) is 5.74. The first-order valence-electron chi connectivity index (χ1n) is 9.48. The fourth-order valence-corrected chi connectivity index (χ4v) is 4.08. The minimum atomic E-state index is -0.474. The highest BCUT2D eigenvalue weighted by Crippen LogP contribution is 2.42. The Morgan fingerprint density at radius 3 is 2.37 bits per heavy atom. The minimum absolute atomic E-state index is 0.125. The maximum absolute atomic E-state index is 13.0. The number of halogens is 1. The van der Waals surface area contributed by atoms with Crippen LogP contribution in [0.2, 0.25) is 0 Å². The number of carbonyl (C=O) groups excluding carboxylic acids is 2. The predicted octanol–water partition coefficient (Wildman–Crippen LogP) is 4.40. The lowest BCUT2D eigenvalue weighted by Crippen LogP contribution is -2.34.